The summed E-state index contributed by atoms with van der Waals surface area (Å²) in [5.41, 5.74) is 0. The highest BCUT2D eigenvalue weighted by molar-refractivity contribution is 7.90. The van der Waals surface area contributed by atoms with Crippen LogP contribution in [-0.4, -0.2) is 74.8 Å². The minimum Gasteiger partial charge on any atom is -0.481 e. The van der Waals surface area contributed by atoms with Crippen molar-refractivity contribution >= 4 is 21.8 Å². The minimum atomic E-state index is -3.08. The quantitative estimate of drug-likeness (QED) is 0.665. The number of amides is 2. The summed E-state index contributed by atoms with van der Waals surface area (Å²) in [7, 11) is -3.08. The molecule has 1 rings (SSSR count). The van der Waals surface area contributed by atoms with Gasteiger partial charge in [-0.15, -0.1) is 0 Å². The van der Waals surface area contributed by atoms with Gasteiger partial charge in [-0.1, -0.05) is 0 Å². The fraction of sp³-hybridized carbons (Fsp3) is 0.833. The van der Waals surface area contributed by atoms with E-state index < -0.39 is 15.8 Å². The summed E-state index contributed by atoms with van der Waals surface area (Å²) in [6, 6.07) is -0.275. The van der Waals surface area contributed by atoms with E-state index in [1.165, 1.54) is 0 Å². The third-order valence-corrected chi connectivity index (χ3v) is 4.09. The molecule has 0 aliphatic carbocycles. The number of nitrogens with one attached hydrogen (secondary N) is 1. The summed E-state index contributed by atoms with van der Waals surface area (Å²) in [4.78, 5) is 23.8. The largest absolute Gasteiger partial charge is 0.481 e. The van der Waals surface area contributed by atoms with Crippen LogP contribution in [0.5, 0.6) is 0 Å². The molecule has 9 heteroatoms. The first-order chi connectivity index (χ1) is 9.78. The lowest BCUT2D eigenvalue weighted by Gasteiger charge is -2.31. The number of carbonyl (C=O) groups is 2. The number of ether oxygens (including phenoxy) is 1. The van der Waals surface area contributed by atoms with Crippen LogP contribution in [0.4, 0.5) is 4.79 Å². The first-order valence-corrected chi connectivity index (χ1v) is 8.88. The van der Waals surface area contributed by atoms with Crippen molar-refractivity contribution in [2.75, 3.05) is 38.2 Å². The number of urea groups is 1. The molecular weight excluding hydrogens is 300 g/mol. The monoisotopic (exact) mass is 322 g/mol. The molecule has 0 bridgehead atoms. The van der Waals surface area contributed by atoms with Gasteiger partial charge in [0.15, 0.2) is 0 Å². The molecule has 122 valence electrons. The van der Waals surface area contributed by atoms with Crippen LogP contribution in [0, 0.1) is 0 Å². The molecule has 0 saturated carbocycles. The molecule has 0 atom stereocenters. The van der Waals surface area contributed by atoms with Gasteiger partial charge in [0.1, 0.15) is 9.84 Å². The Balaban J connectivity index is 2.19. The molecule has 21 heavy (non-hydrogen) atoms. The maximum Gasteiger partial charge on any atom is 0.317 e. The molecule has 0 unspecified atom stereocenters. The van der Waals surface area contributed by atoms with Crippen molar-refractivity contribution in [2.24, 2.45) is 0 Å². The maximum atomic E-state index is 11.8. The highest BCUT2D eigenvalue weighted by Gasteiger charge is 2.23. The predicted octanol–water partition coefficient (Wildman–Crippen LogP) is -0.304. The van der Waals surface area contributed by atoms with Crippen molar-refractivity contribution in [3.63, 3.8) is 0 Å². The summed E-state index contributed by atoms with van der Waals surface area (Å²) in [6.07, 6.45) is 2.38. The lowest BCUT2D eigenvalue weighted by atomic mass is 10.1. The van der Waals surface area contributed by atoms with Gasteiger partial charge in [-0.2, -0.15) is 0 Å². The Hall–Kier alpha value is -1.35. The molecule has 0 aromatic carbocycles. The molecule has 1 aliphatic heterocycles. The molecule has 0 radical (unpaired) electrons. The first-order valence-electron chi connectivity index (χ1n) is 6.82. The first kappa shape index (κ1) is 17.7. The van der Waals surface area contributed by atoms with Gasteiger partial charge in [-0.05, 0) is 12.8 Å². The molecule has 2 amide bonds. The van der Waals surface area contributed by atoms with E-state index in [0.29, 0.717) is 25.9 Å². The zero-order valence-corrected chi connectivity index (χ0v) is 12.9. The van der Waals surface area contributed by atoms with Crippen LogP contribution >= 0.6 is 0 Å². The molecule has 0 aromatic rings. The van der Waals surface area contributed by atoms with Gasteiger partial charge in [0, 0.05) is 25.9 Å². The lowest BCUT2D eigenvalue weighted by molar-refractivity contribution is -0.138. The third-order valence-electron chi connectivity index (χ3n) is 3.15. The number of sulfone groups is 1. The average Bonchev–Trinajstić information content (AvgIpc) is 2.37. The Kier molecular flexibility index (Phi) is 6.90. The van der Waals surface area contributed by atoms with E-state index in [-0.39, 0.29) is 37.5 Å². The summed E-state index contributed by atoms with van der Waals surface area (Å²) >= 11 is 0. The lowest BCUT2D eigenvalue weighted by Crippen LogP contribution is -2.46. The van der Waals surface area contributed by atoms with Crippen LogP contribution in [0.15, 0.2) is 0 Å². The Morgan fingerprint density at radius 2 is 1.95 bits per heavy atom. The third kappa shape index (κ3) is 7.86. The van der Waals surface area contributed by atoms with E-state index in [9.17, 15) is 18.0 Å². The zero-order valence-electron chi connectivity index (χ0n) is 12.1. The predicted molar refractivity (Wildman–Crippen MR) is 75.9 cm³/mol. The van der Waals surface area contributed by atoms with Crippen LogP contribution in [0.25, 0.3) is 0 Å². The fourth-order valence-corrected chi connectivity index (χ4v) is 2.47. The van der Waals surface area contributed by atoms with Gasteiger partial charge < -0.3 is 20.1 Å². The van der Waals surface area contributed by atoms with E-state index in [1.807, 2.05) is 0 Å². The van der Waals surface area contributed by atoms with Crippen molar-refractivity contribution < 1.29 is 27.9 Å². The molecule has 8 nitrogen and oxygen atoms in total. The standard InChI is InChI=1S/C12H22N2O6S/c1-21(18,19)9-5-13-12(17)14-6-2-10(3-7-14)20-8-4-11(15)16/h10H,2-9H2,1H3,(H,13,17)(H,15,16). The number of likely N-dealkylation sites (tertiary alicyclic amines) is 1. The number of piperidine rings is 1. The van der Waals surface area contributed by atoms with Gasteiger partial charge in [-0.3, -0.25) is 4.79 Å². The molecule has 0 spiro atoms. The minimum absolute atomic E-state index is 0.0216. The van der Waals surface area contributed by atoms with E-state index >= 15 is 0 Å². The van der Waals surface area contributed by atoms with Gasteiger partial charge in [-0.25, -0.2) is 13.2 Å². The van der Waals surface area contributed by atoms with Gasteiger partial charge >= 0.3 is 12.0 Å². The van der Waals surface area contributed by atoms with Crippen LogP contribution in [0.2, 0.25) is 0 Å². The molecule has 1 fully saturated rings. The van der Waals surface area contributed by atoms with E-state index in [0.717, 1.165) is 6.26 Å². The number of carbonyl (C=O) groups excluding carboxylic acids is 1. The van der Waals surface area contributed by atoms with Gasteiger partial charge in [0.25, 0.3) is 0 Å². The number of hydrogen-bond donors (Lipinski definition) is 2. The Bertz CT molecular complexity index is 456. The van der Waals surface area contributed by atoms with Crippen LogP contribution < -0.4 is 5.32 Å². The van der Waals surface area contributed by atoms with Gasteiger partial charge in [0.2, 0.25) is 0 Å². The number of aliphatic carboxylic acids is 1. The van der Waals surface area contributed by atoms with Crippen molar-refractivity contribution in [3.8, 4) is 0 Å². The zero-order chi connectivity index (χ0) is 15.9. The number of carboxylic acid groups (broad SMARTS) is 1. The molecule has 1 saturated heterocycles. The number of rotatable bonds is 7. The molecule has 1 aliphatic rings. The Morgan fingerprint density at radius 1 is 1.33 bits per heavy atom. The van der Waals surface area contributed by atoms with Crippen LogP contribution in [0.1, 0.15) is 19.3 Å². The van der Waals surface area contributed by atoms with Gasteiger partial charge in [0.05, 0.1) is 24.9 Å². The Morgan fingerprint density at radius 3 is 2.48 bits per heavy atom. The average molecular weight is 322 g/mol. The van der Waals surface area contributed by atoms with Crippen molar-refractivity contribution in [1.82, 2.24) is 10.2 Å². The SMILES string of the molecule is CS(=O)(=O)CCNC(=O)N1CCC(OCCC(=O)O)CC1. The molecular formula is C12H22N2O6S. The summed E-state index contributed by atoms with van der Waals surface area (Å²) in [5.74, 6) is -0.967. The van der Waals surface area contributed by atoms with Crippen LogP contribution in [0.3, 0.4) is 0 Å². The van der Waals surface area contributed by atoms with Crippen molar-refractivity contribution in [1.29, 1.82) is 0 Å². The van der Waals surface area contributed by atoms with E-state index in [4.69, 9.17) is 9.84 Å². The van der Waals surface area contributed by atoms with E-state index in [1.54, 1.807) is 4.90 Å². The molecule has 0 aromatic heterocycles. The van der Waals surface area contributed by atoms with Crippen LogP contribution in [-0.2, 0) is 19.4 Å². The molecule has 1 heterocycles. The summed E-state index contributed by atoms with van der Waals surface area (Å²) in [5, 5.41) is 11.1. The maximum absolute atomic E-state index is 11.8. The fourth-order valence-electron chi connectivity index (χ4n) is 1.99. The highest BCUT2D eigenvalue weighted by Crippen LogP contribution is 2.13. The normalized spacial score (nSPS) is 16.7. The second kappa shape index (κ2) is 8.18. The molecule has 2 N–H and O–H groups in total. The smallest absolute Gasteiger partial charge is 0.317 e. The van der Waals surface area contributed by atoms with Crippen molar-refractivity contribution in [2.45, 2.75) is 25.4 Å². The number of carboxylic acids is 1. The topological polar surface area (TPSA) is 113 Å². The number of hydrogen-bond acceptors (Lipinski definition) is 5. The second-order valence-corrected chi connectivity index (χ2v) is 7.32. The summed E-state index contributed by atoms with van der Waals surface area (Å²) < 4.78 is 27.3. The highest BCUT2D eigenvalue weighted by atomic mass is 32.2. The Labute approximate surface area is 124 Å². The van der Waals surface area contributed by atoms with Crippen molar-refractivity contribution in [3.05, 3.63) is 0 Å². The second-order valence-electron chi connectivity index (χ2n) is 5.06. The number of nitrogens with zero attached hydrogens (tertiary/aromatic N) is 1. The van der Waals surface area contributed by atoms with E-state index in [2.05, 4.69) is 5.32 Å². The summed E-state index contributed by atoms with van der Waals surface area (Å²) in [6.45, 7) is 1.32.